The number of hydrogen-bond acceptors (Lipinski definition) is 3. The molecule has 0 radical (unpaired) electrons. The Hall–Kier alpha value is -0.910. The molecule has 0 bridgehead atoms. The van der Waals surface area contributed by atoms with E-state index in [1.165, 1.54) is 0 Å². The van der Waals surface area contributed by atoms with Crippen LogP contribution in [0.1, 0.15) is 26.3 Å². The molecule has 0 aromatic heterocycles. The summed E-state index contributed by atoms with van der Waals surface area (Å²) >= 11 is 0. The van der Waals surface area contributed by atoms with Gasteiger partial charge < -0.3 is 4.90 Å². The monoisotopic (exact) mass is 310 g/mol. The Bertz CT molecular complexity index is 544. The molecule has 0 amide bonds. The molecule has 1 aromatic rings. The maximum atomic E-state index is 12.6. The Morgan fingerprint density at radius 1 is 1.05 bits per heavy atom. The number of rotatable bonds is 5. The molecule has 1 heterocycles. The van der Waals surface area contributed by atoms with Crippen LogP contribution in [0, 0.1) is 5.92 Å². The highest BCUT2D eigenvalue weighted by atomic mass is 32.2. The highest BCUT2D eigenvalue weighted by Gasteiger charge is 2.28. The lowest BCUT2D eigenvalue weighted by Crippen LogP contribution is -2.49. The van der Waals surface area contributed by atoms with E-state index < -0.39 is 10.0 Å². The summed E-state index contributed by atoms with van der Waals surface area (Å²) in [6.07, 6.45) is 0.925. The lowest BCUT2D eigenvalue weighted by atomic mass is 10.2. The van der Waals surface area contributed by atoms with Crippen LogP contribution < -0.4 is 0 Å². The number of benzene rings is 1. The maximum absolute atomic E-state index is 12.6. The number of hydrogen-bond donors (Lipinski definition) is 0. The van der Waals surface area contributed by atoms with Crippen LogP contribution in [0.2, 0.25) is 0 Å². The van der Waals surface area contributed by atoms with Gasteiger partial charge in [0.1, 0.15) is 0 Å². The third-order valence-electron chi connectivity index (χ3n) is 3.92. The second-order valence-corrected chi connectivity index (χ2v) is 8.03. The smallest absolute Gasteiger partial charge is 0.243 e. The molecule has 1 aromatic carbocycles. The van der Waals surface area contributed by atoms with Gasteiger partial charge in [-0.1, -0.05) is 32.9 Å². The first-order valence-electron chi connectivity index (χ1n) is 7.75. The van der Waals surface area contributed by atoms with Gasteiger partial charge in [0.05, 0.1) is 4.90 Å². The fourth-order valence-corrected chi connectivity index (χ4v) is 4.14. The van der Waals surface area contributed by atoms with Gasteiger partial charge in [0, 0.05) is 32.7 Å². The molecule has 0 spiro atoms. The fraction of sp³-hybridized carbons (Fsp3) is 0.625. The number of sulfonamides is 1. The zero-order valence-electron chi connectivity index (χ0n) is 13.2. The van der Waals surface area contributed by atoms with E-state index in [1.54, 1.807) is 16.4 Å². The summed E-state index contributed by atoms with van der Waals surface area (Å²) in [6.45, 7) is 10.3. The van der Waals surface area contributed by atoms with Crippen molar-refractivity contribution in [1.82, 2.24) is 9.21 Å². The maximum Gasteiger partial charge on any atom is 0.243 e. The van der Waals surface area contributed by atoms with E-state index in [0.717, 1.165) is 31.6 Å². The third-order valence-corrected chi connectivity index (χ3v) is 5.84. The predicted molar refractivity (Wildman–Crippen MR) is 85.9 cm³/mol. The molecule has 0 atom stereocenters. The largest absolute Gasteiger partial charge is 0.300 e. The quantitative estimate of drug-likeness (QED) is 0.837. The average Bonchev–Trinajstić information content (AvgIpc) is 2.47. The standard InChI is InChI=1S/C16H26N2O2S/c1-4-15-5-7-16(8-6-15)21(19,20)18-11-9-17(10-12-18)13-14(2)3/h5-8,14H,4,9-13H2,1-3H3. The lowest BCUT2D eigenvalue weighted by molar-refractivity contribution is 0.172. The Kier molecular flexibility index (Phi) is 5.41. The molecule has 0 N–H and O–H groups in total. The van der Waals surface area contributed by atoms with E-state index in [2.05, 4.69) is 25.7 Å². The van der Waals surface area contributed by atoms with Crippen LogP contribution in [0.15, 0.2) is 29.2 Å². The summed E-state index contributed by atoms with van der Waals surface area (Å²) in [5.74, 6) is 0.620. The zero-order valence-corrected chi connectivity index (χ0v) is 14.1. The third kappa shape index (κ3) is 4.05. The van der Waals surface area contributed by atoms with Crippen LogP contribution in [0.5, 0.6) is 0 Å². The Morgan fingerprint density at radius 2 is 1.62 bits per heavy atom. The molecule has 1 aliphatic heterocycles. The normalized spacial score (nSPS) is 18.3. The van der Waals surface area contributed by atoms with E-state index in [0.29, 0.717) is 23.9 Å². The van der Waals surface area contributed by atoms with Gasteiger partial charge in [0.2, 0.25) is 10.0 Å². The first-order chi connectivity index (χ1) is 9.93. The second kappa shape index (κ2) is 6.90. The van der Waals surface area contributed by atoms with Crippen LogP contribution in [-0.4, -0.2) is 50.3 Å². The van der Waals surface area contributed by atoms with E-state index in [1.807, 2.05) is 12.1 Å². The van der Waals surface area contributed by atoms with Gasteiger partial charge in [-0.25, -0.2) is 8.42 Å². The summed E-state index contributed by atoms with van der Waals surface area (Å²) < 4.78 is 26.9. The summed E-state index contributed by atoms with van der Waals surface area (Å²) in [5, 5.41) is 0. The summed E-state index contributed by atoms with van der Waals surface area (Å²) in [4.78, 5) is 2.76. The second-order valence-electron chi connectivity index (χ2n) is 6.10. The van der Waals surface area contributed by atoms with E-state index in [4.69, 9.17) is 0 Å². The van der Waals surface area contributed by atoms with E-state index in [9.17, 15) is 8.42 Å². The van der Waals surface area contributed by atoms with Crippen molar-refractivity contribution in [3.63, 3.8) is 0 Å². The minimum atomic E-state index is -3.33. The Labute approximate surface area is 128 Å². The van der Waals surface area contributed by atoms with Crippen molar-refractivity contribution in [2.45, 2.75) is 32.1 Å². The van der Waals surface area contributed by atoms with E-state index >= 15 is 0 Å². The van der Waals surface area contributed by atoms with Gasteiger partial charge in [-0.3, -0.25) is 0 Å². The topological polar surface area (TPSA) is 40.6 Å². The number of aryl methyl sites for hydroxylation is 1. The van der Waals surface area contributed by atoms with Gasteiger partial charge in [0.25, 0.3) is 0 Å². The molecular formula is C16H26N2O2S. The van der Waals surface area contributed by atoms with Crippen LogP contribution in [0.4, 0.5) is 0 Å². The van der Waals surface area contributed by atoms with Crippen molar-refractivity contribution in [2.75, 3.05) is 32.7 Å². The molecule has 21 heavy (non-hydrogen) atoms. The molecular weight excluding hydrogens is 284 g/mol. The number of nitrogens with zero attached hydrogens (tertiary/aromatic N) is 2. The fourth-order valence-electron chi connectivity index (χ4n) is 2.72. The van der Waals surface area contributed by atoms with Crippen molar-refractivity contribution in [3.05, 3.63) is 29.8 Å². The van der Waals surface area contributed by atoms with Crippen LogP contribution in [-0.2, 0) is 16.4 Å². The molecule has 1 fully saturated rings. The molecule has 2 rings (SSSR count). The van der Waals surface area contributed by atoms with Gasteiger partial charge in [0.15, 0.2) is 0 Å². The molecule has 0 aliphatic carbocycles. The molecule has 1 saturated heterocycles. The SMILES string of the molecule is CCc1ccc(S(=O)(=O)N2CCN(CC(C)C)CC2)cc1. The summed E-state index contributed by atoms with van der Waals surface area (Å²) in [7, 11) is -3.33. The highest BCUT2D eigenvalue weighted by Crippen LogP contribution is 2.18. The first kappa shape index (κ1) is 16.5. The van der Waals surface area contributed by atoms with Gasteiger partial charge in [-0.05, 0) is 30.0 Å². The highest BCUT2D eigenvalue weighted by molar-refractivity contribution is 7.89. The van der Waals surface area contributed by atoms with Gasteiger partial charge in [-0.15, -0.1) is 0 Å². The minimum absolute atomic E-state index is 0.414. The molecule has 1 aliphatic rings. The van der Waals surface area contributed by atoms with Crippen LogP contribution in [0.25, 0.3) is 0 Å². The minimum Gasteiger partial charge on any atom is -0.300 e. The van der Waals surface area contributed by atoms with Crippen molar-refractivity contribution < 1.29 is 8.42 Å². The Balaban J connectivity index is 2.03. The zero-order chi connectivity index (χ0) is 15.5. The van der Waals surface area contributed by atoms with E-state index in [-0.39, 0.29) is 0 Å². The van der Waals surface area contributed by atoms with Crippen molar-refractivity contribution in [2.24, 2.45) is 5.92 Å². The molecule has 118 valence electrons. The first-order valence-corrected chi connectivity index (χ1v) is 9.19. The lowest BCUT2D eigenvalue weighted by Gasteiger charge is -2.34. The Morgan fingerprint density at radius 3 is 2.10 bits per heavy atom. The predicted octanol–water partition coefficient (Wildman–Crippen LogP) is 2.21. The molecule has 5 heteroatoms. The number of piperazine rings is 1. The van der Waals surface area contributed by atoms with Crippen molar-refractivity contribution >= 4 is 10.0 Å². The molecule has 0 saturated carbocycles. The van der Waals surface area contributed by atoms with Crippen molar-refractivity contribution in [1.29, 1.82) is 0 Å². The summed E-state index contributed by atoms with van der Waals surface area (Å²) in [6, 6.07) is 7.27. The van der Waals surface area contributed by atoms with Crippen molar-refractivity contribution in [3.8, 4) is 0 Å². The van der Waals surface area contributed by atoms with Gasteiger partial charge >= 0.3 is 0 Å². The van der Waals surface area contributed by atoms with Crippen LogP contribution >= 0.6 is 0 Å². The molecule has 0 unspecified atom stereocenters. The average molecular weight is 310 g/mol. The van der Waals surface area contributed by atoms with Gasteiger partial charge in [-0.2, -0.15) is 4.31 Å². The van der Waals surface area contributed by atoms with Crippen LogP contribution in [0.3, 0.4) is 0 Å². The molecule has 4 nitrogen and oxygen atoms in total. The summed E-state index contributed by atoms with van der Waals surface area (Å²) in [5.41, 5.74) is 1.16.